The maximum Gasteiger partial charge on any atom is 0.338 e. The fourth-order valence-electron chi connectivity index (χ4n) is 5.30. The predicted molar refractivity (Wildman–Crippen MR) is 155 cm³/mol. The van der Waals surface area contributed by atoms with Crippen molar-refractivity contribution in [2.45, 2.75) is 25.4 Å². The number of rotatable bonds is 8. The molecule has 0 bridgehead atoms. The molecule has 1 atom stereocenters. The Balaban J connectivity index is 1.05. The van der Waals surface area contributed by atoms with Crippen molar-refractivity contribution in [3.05, 3.63) is 124 Å². The van der Waals surface area contributed by atoms with Crippen molar-refractivity contribution < 1.29 is 23.9 Å². The summed E-state index contributed by atoms with van der Waals surface area (Å²) in [6.07, 6.45) is 0.781. The standard InChI is InChI=1S/C33H25ClN2O5/c34-28-8-4-2-6-23(28)18-35-29-17-31(38)36(32(29)39)25-12-9-20(10-13-25)33(40)41-19-30(37)22-11-14-27-24(16-22)15-21-5-1-3-7-26(21)27/h1-14,16,29,35H,15,17-19H2. The third-order valence-electron chi connectivity index (χ3n) is 7.45. The van der Waals surface area contributed by atoms with Gasteiger partial charge in [0.25, 0.3) is 5.91 Å². The second-order valence-corrected chi connectivity index (χ2v) is 10.5. The minimum atomic E-state index is -0.678. The molecule has 0 saturated carbocycles. The van der Waals surface area contributed by atoms with Crippen molar-refractivity contribution in [1.29, 1.82) is 0 Å². The van der Waals surface area contributed by atoms with Gasteiger partial charge in [0.05, 0.1) is 23.7 Å². The molecule has 41 heavy (non-hydrogen) atoms. The average Bonchev–Trinajstić information content (AvgIpc) is 3.50. The number of carbonyl (C=O) groups excluding carboxylic acids is 4. The van der Waals surface area contributed by atoms with Crippen LogP contribution in [0.1, 0.15) is 43.8 Å². The van der Waals surface area contributed by atoms with Crippen molar-refractivity contribution in [2.24, 2.45) is 0 Å². The molecule has 1 fully saturated rings. The fourth-order valence-corrected chi connectivity index (χ4v) is 5.50. The summed E-state index contributed by atoms with van der Waals surface area (Å²) in [5, 5.41) is 3.68. The summed E-state index contributed by atoms with van der Waals surface area (Å²) < 4.78 is 5.28. The molecule has 2 aliphatic rings. The van der Waals surface area contributed by atoms with Crippen LogP contribution < -0.4 is 10.2 Å². The third kappa shape index (κ3) is 5.29. The zero-order valence-electron chi connectivity index (χ0n) is 21.9. The van der Waals surface area contributed by atoms with Gasteiger partial charge in [0, 0.05) is 17.1 Å². The lowest BCUT2D eigenvalue weighted by Gasteiger charge is -2.16. The van der Waals surface area contributed by atoms with Crippen molar-refractivity contribution >= 4 is 40.9 Å². The van der Waals surface area contributed by atoms with E-state index in [9.17, 15) is 19.2 Å². The number of halogens is 1. The number of fused-ring (bicyclic) bond motifs is 3. The van der Waals surface area contributed by atoms with Gasteiger partial charge in [-0.1, -0.05) is 66.2 Å². The number of anilines is 1. The monoisotopic (exact) mass is 564 g/mol. The molecule has 1 aliphatic heterocycles. The van der Waals surface area contributed by atoms with E-state index in [4.69, 9.17) is 16.3 Å². The minimum absolute atomic E-state index is 0.0178. The average molecular weight is 565 g/mol. The molecule has 0 radical (unpaired) electrons. The molecule has 6 rings (SSSR count). The highest BCUT2D eigenvalue weighted by atomic mass is 35.5. The second kappa shape index (κ2) is 11.1. The molecule has 1 saturated heterocycles. The minimum Gasteiger partial charge on any atom is -0.454 e. The van der Waals surface area contributed by atoms with Crippen molar-refractivity contribution in [3.8, 4) is 11.1 Å². The van der Waals surface area contributed by atoms with E-state index >= 15 is 0 Å². The molecule has 0 spiro atoms. The number of amides is 2. The van der Waals surface area contributed by atoms with Gasteiger partial charge in [-0.25, -0.2) is 9.69 Å². The van der Waals surface area contributed by atoms with E-state index < -0.39 is 18.6 Å². The van der Waals surface area contributed by atoms with E-state index in [1.807, 2.05) is 42.5 Å². The number of hydrogen-bond donors (Lipinski definition) is 1. The molecule has 204 valence electrons. The zero-order valence-corrected chi connectivity index (χ0v) is 22.7. The normalized spacial score (nSPS) is 15.5. The van der Waals surface area contributed by atoms with E-state index in [0.29, 0.717) is 22.8 Å². The Hall–Kier alpha value is -4.59. The van der Waals surface area contributed by atoms with Crippen molar-refractivity contribution in [2.75, 3.05) is 11.5 Å². The highest BCUT2D eigenvalue weighted by molar-refractivity contribution is 6.31. The Morgan fingerprint density at radius 2 is 1.56 bits per heavy atom. The van der Waals surface area contributed by atoms with E-state index in [0.717, 1.165) is 28.0 Å². The van der Waals surface area contributed by atoms with Gasteiger partial charge in [-0.15, -0.1) is 0 Å². The first-order valence-electron chi connectivity index (χ1n) is 13.2. The SMILES string of the molecule is O=C(COC(=O)c1ccc(N2C(=O)CC(NCc3ccccc3Cl)C2=O)cc1)c1ccc2c(c1)Cc1ccccc1-2. The topological polar surface area (TPSA) is 92.8 Å². The van der Waals surface area contributed by atoms with Gasteiger partial charge in [-0.2, -0.15) is 0 Å². The number of Topliss-reactive ketones (excluding diaryl/α,β-unsaturated/α-hetero) is 1. The maximum atomic E-state index is 13.0. The Kier molecular flexibility index (Phi) is 7.22. The largest absolute Gasteiger partial charge is 0.454 e. The lowest BCUT2D eigenvalue weighted by Crippen LogP contribution is -2.38. The first-order valence-corrected chi connectivity index (χ1v) is 13.6. The molecule has 1 N–H and O–H groups in total. The maximum absolute atomic E-state index is 13.0. The van der Waals surface area contributed by atoms with Crippen LogP contribution in [0.2, 0.25) is 5.02 Å². The number of hydrogen-bond acceptors (Lipinski definition) is 6. The highest BCUT2D eigenvalue weighted by Gasteiger charge is 2.39. The van der Waals surface area contributed by atoms with Crippen LogP contribution >= 0.6 is 11.6 Å². The first kappa shape index (κ1) is 26.6. The van der Waals surface area contributed by atoms with Gasteiger partial charge in [0.1, 0.15) is 0 Å². The third-order valence-corrected chi connectivity index (χ3v) is 7.82. The van der Waals surface area contributed by atoms with Crippen molar-refractivity contribution in [3.63, 3.8) is 0 Å². The predicted octanol–water partition coefficient (Wildman–Crippen LogP) is 5.37. The van der Waals surface area contributed by atoms with Gasteiger partial charge in [0.2, 0.25) is 5.91 Å². The van der Waals surface area contributed by atoms with E-state index in [2.05, 4.69) is 17.4 Å². The molecule has 1 aliphatic carbocycles. The molecule has 0 aromatic heterocycles. The molecule has 8 heteroatoms. The second-order valence-electron chi connectivity index (χ2n) is 10.0. The highest BCUT2D eigenvalue weighted by Crippen LogP contribution is 2.36. The van der Waals surface area contributed by atoms with E-state index in [1.165, 1.54) is 35.4 Å². The summed E-state index contributed by atoms with van der Waals surface area (Å²) in [5.41, 5.74) is 6.48. The van der Waals surface area contributed by atoms with Gasteiger partial charge in [-0.05, 0) is 70.6 Å². The van der Waals surface area contributed by atoms with E-state index in [-0.39, 0.29) is 29.6 Å². The van der Waals surface area contributed by atoms with Crippen LogP contribution in [0.3, 0.4) is 0 Å². The van der Waals surface area contributed by atoms with Crippen LogP contribution in [0, 0.1) is 0 Å². The van der Waals surface area contributed by atoms with Crippen LogP contribution in [-0.2, 0) is 27.3 Å². The van der Waals surface area contributed by atoms with Crippen LogP contribution in [-0.4, -0.2) is 36.2 Å². The molecule has 1 unspecified atom stereocenters. The van der Waals surface area contributed by atoms with E-state index in [1.54, 1.807) is 12.1 Å². The Morgan fingerprint density at radius 3 is 2.37 bits per heavy atom. The van der Waals surface area contributed by atoms with Crippen LogP contribution in [0.4, 0.5) is 5.69 Å². The molecular weight excluding hydrogens is 540 g/mol. The van der Waals surface area contributed by atoms with Gasteiger partial charge >= 0.3 is 5.97 Å². The van der Waals surface area contributed by atoms with Crippen molar-refractivity contribution in [1.82, 2.24) is 5.32 Å². The zero-order chi connectivity index (χ0) is 28.5. The summed E-state index contributed by atoms with van der Waals surface area (Å²) in [6, 6.07) is 26.3. The fraction of sp³-hybridized carbons (Fsp3) is 0.152. The quantitative estimate of drug-likeness (QED) is 0.155. The van der Waals surface area contributed by atoms with Crippen LogP contribution in [0.15, 0.2) is 91.0 Å². The lowest BCUT2D eigenvalue weighted by molar-refractivity contribution is -0.121. The summed E-state index contributed by atoms with van der Waals surface area (Å²) in [4.78, 5) is 52.1. The molecule has 7 nitrogen and oxygen atoms in total. The number of ether oxygens (including phenoxy) is 1. The Morgan fingerprint density at radius 1 is 0.854 bits per heavy atom. The lowest BCUT2D eigenvalue weighted by atomic mass is 10.0. The molecular formula is C33H25ClN2O5. The summed E-state index contributed by atoms with van der Waals surface area (Å²) in [7, 11) is 0. The van der Waals surface area contributed by atoms with Gasteiger partial charge in [-0.3, -0.25) is 14.4 Å². The number of benzene rings is 4. The summed E-state index contributed by atoms with van der Waals surface area (Å²) in [5.74, 6) is -1.68. The summed E-state index contributed by atoms with van der Waals surface area (Å²) >= 11 is 6.19. The number of imide groups is 1. The van der Waals surface area contributed by atoms with Crippen LogP contribution in [0.5, 0.6) is 0 Å². The molecule has 4 aromatic carbocycles. The van der Waals surface area contributed by atoms with Gasteiger partial charge in [0.15, 0.2) is 12.4 Å². The molecule has 1 heterocycles. The Bertz CT molecular complexity index is 1700. The smallest absolute Gasteiger partial charge is 0.338 e. The molecule has 2 amide bonds. The van der Waals surface area contributed by atoms with Crippen LogP contribution in [0.25, 0.3) is 11.1 Å². The number of nitrogens with zero attached hydrogens (tertiary/aromatic N) is 1. The Labute approximate surface area is 241 Å². The first-order chi connectivity index (χ1) is 19.9. The number of esters is 1. The number of carbonyl (C=O) groups is 4. The van der Waals surface area contributed by atoms with Gasteiger partial charge < -0.3 is 10.1 Å². The number of nitrogens with one attached hydrogen (secondary N) is 1. The summed E-state index contributed by atoms with van der Waals surface area (Å²) in [6.45, 7) is -0.0476. The number of ketones is 1. The molecule has 4 aromatic rings.